The first kappa shape index (κ1) is 10.3. The fourth-order valence-electron chi connectivity index (χ4n) is 1.10. The predicted octanol–water partition coefficient (Wildman–Crippen LogP) is 1.27. The third-order valence-electron chi connectivity index (χ3n) is 1.72. The van der Waals surface area contributed by atoms with E-state index in [4.69, 9.17) is 0 Å². The van der Waals surface area contributed by atoms with E-state index in [2.05, 4.69) is 60.5 Å². The summed E-state index contributed by atoms with van der Waals surface area (Å²) in [5.41, 5.74) is 0.944. The zero-order valence-corrected chi connectivity index (χ0v) is 11.7. The normalized spacial score (nSPS) is 10.8. The van der Waals surface area contributed by atoms with E-state index in [1.165, 1.54) is 0 Å². The molecule has 0 atom stereocenters. The third kappa shape index (κ3) is 2.07. The van der Waals surface area contributed by atoms with Crippen LogP contribution in [-0.2, 0) is 13.6 Å². The number of hydrogen-bond donors (Lipinski definition) is 0. The number of aryl methyl sites for hydroxylation is 1. The second-order valence-corrected chi connectivity index (χ2v) is 4.88. The number of hydrogen-bond acceptors (Lipinski definition) is 3. The first-order valence-corrected chi connectivity index (χ1v) is 6.04. The summed E-state index contributed by atoms with van der Waals surface area (Å²) in [6.07, 6.45) is 3.72. The molecule has 0 saturated carbocycles. The molecule has 14 heavy (non-hydrogen) atoms. The lowest BCUT2D eigenvalue weighted by molar-refractivity contribution is 0.707. The monoisotopic (exact) mass is 415 g/mol. The fraction of sp³-hybridized carbons (Fsp3) is 0.286. The largest absolute Gasteiger partial charge is 0.319 e. The Kier molecular flexibility index (Phi) is 3.04. The van der Waals surface area contributed by atoms with Gasteiger partial charge >= 0.3 is 0 Å². The van der Waals surface area contributed by atoms with Crippen molar-refractivity contribution >= 4 is 45.2 Å². The molecule has 0 aromatic carbocycles. The molecule has 7 heteroatoms. The second-order valence-electron chi connectivity index (χ2n) is 2.84. The van der Waals surface area contributed by atoms with Crippen molar-refractivity contribution in [3.05, 3.63) is 25.6 Å². The number of nitrogens with zero attached hydrogens (tertiary/aromatic N) is 5. The third-order valence-corrected chi connectivity index (χ3v) is 4.67. The Balaban J connectivity index is 2.22. The van der Waals surface area contributed by atoms with Crippen LogP contribution in [0.15, 0.2) is 12.5 Å². The number of aromatic nitrogens is 5. The minimum Gasteiger partial charge on any atom is -0.319 e. The van der Waals surface area contributed by atoms with Gasteiger partial charge in [-0.25, -0.2) is 4.98 Å². The molecule has 0 aliphatic carbocycles. The summed E-state index contributed by atoms with van der Waals surface area (Å²) in [5.74, 6) is 0. The molecule has 0 bridgehead atoms. The van der Waals surface area contributed by atoms with Crippen LogP contribution < -0.4 is 0 Å². The van der Waals surface area contributed by atoms with Crippen molar-refractivity contribution in [2.45, 2.75) is 6.54 Å². The molecular formula is C7H7I2N5. The molecule has 2 aromatic rings. The summed E-state index contributed by atoms with van der Waals surface area (Å²) in [7, 11) is 1.86. The van der Waals surface area contributed by atoms with E-state index in [1.807, 2.05) is 24.1 Å². The summed E-state index contributed by atoms with van der Waals surface area (Å²) in [6.45, 7) is 0.724. The van der Waals surface area contributed by atoms with Crippen LogP contribution in [0.4, 0.5) is 0 Å². The van der Waals surface area contributed by atoms with E-state index in [0.29, 0.717) is 0 Å². The maximum absolute atomic E-state index is 4.21. The molecule has 2 heterocycles. The Morgan fingerprint density at radius 2 is 2.21 bits per heavy atom. The van der Waals surface area contributed by atoms with E-state index < -0.39 is 0 Å². The lowest BCUT2D eigenvalue weighted by Gasteiger charge is -1.99. The zero-order valence-electron chi connectivity index (χ0n) is 7.35. The average molecular weight is 415 g/mol. The van der Waals surface area contributed by atoms with Crippen LogP contribution in [0.25, 0.3) is 0 Å². The van der Waals surface area contributed by atoms with Gasteiger partial charge in [0.15, 0.2) is 0 Å². The van der Waals surface area contributed by atoms with E-state index in [0.717, 1.165) is 19.6 Å². The Morgan fingerprint density at radius 1 is 1.43 bits per heavy atom. The number of halogens is 2. The Labute approximate surface area is 108 Å². The molecule has 0 radical (unpaired) electrons. The van der Waals surface area contributed by atoms with Gasteiger partial charge in [0.25, 0.3) is 0 Å². The molecular weight excluding hydrogens is 408 g/mol. The van der Waals surface area contributed by atoms with Crippen LogP contribution in [0.2, 0.25) is 0 Å². The second kappa shape index (κ2) is 4.13. The number of imidazole rings is 1. The van der Waals surface area contributed by atoms with Crippen LogP contribution in [0.3, 0.4) is 0 Å². The molecule has 2 rings (SSSR count). The van der Waals surface area contributed by atoms with Crippen molar-refractivity contribution in [2.75, 3.05) is 0 Å². The van der Waals surface area contributed by atoms with Gasteiger partial charge < -0.3 is 4.57 Å². The highest BCUT2D eigenvalue weighted by atomic mass is 127. The van der Waals surface area contributed by atoms with Gasteiger partial charge in [-0.2, -0.15) is 0 Å². The summed E-state index contributed by atoms with van der Waals surface area (Å²) in [5, 5.41) is 7.90. The van der Waals surface area contributed by atoms with Gasteiger partial charge in [-0.3, -0.25) is 4.68 Å². The molecule has 0 aliphatic rings. The molecule has 0 fully saturated rings. The molecule has 2 aromatic heterocycles. The van der Waals surface area contributed by atoms with Crippen molar-refractivity contribution in [2.24, 2.45) is 7.05 Å². The first-order chi connectivity index (χ1) is 6.66. The highest BCUT2D eigenvalue weighted by Gasteiger charge is 2.06. The highest BCUT2D eigenvalue weighted by Crippen LogP contribution is 2.13. The van der Waals surface area contributed by atoms with Crippen LogP contribution >= 0.6 is 45.2 Å². The van der Waals surface area contributed by atoms with Crippen molar-refractivity contribution in [1.82, 2.24) is 24.5 Å². The molecule has 0 N–H and O–H groups in total. The number of rotatable bonds is 2. The van der Waals surface area contributed by atoms with Gasteiger partial charge in [0.05, 0.1) is 12.9 Å². The average Bonchev–Trinajstić information content (AvgIpc) is 2.67. The smallest absolute Gasteiger partial charge is 0.132 e. The van der Waals surface area contributed by atoms with Crippen molar-refractivity contribution in [1.29, 1.82) is 0 Å². The summed E-state index contributed by atoms with van der Waals surface area (Å²) < 4.78 is 5.90. The maximum atomic E-state index is 4.21. The zero-order chi connectivity index (χ0) is 10.1. The first-order valence-electron chi connectivity index (χ1n) is 3.88. The molecule has 74 valence electrons. The van der Waals surface area contributed by atoms with Gasteiger partial charge in [0, 0.05) is 13.2 Å². The Hall–Kier alpha value is -0.190. The quantitative estimate of drug-likeness (QED) is 0.695. The topological polar surface area (TPSA) is 48.5 Å². The minimum atomic E-state index is 0.724. The summed E-state index contributed by atoms with van der Waals surface area (Å²) >= 11 is 4.48. The van der Waals surface area contributed by atoms with Gasteiger partial charge in [-0.1, -0.05) is 5.21 Å². The predicted molar refractivity (Wildman–Crippen MR) is 67.8 cm³/mol. The standard InChI is InChI=1S/C7H7I2N5/c1-13-2-5(11-12-13)3-14-4-10-6(8)7(14)9/h2,4H,3H2,1H3. The molecule has 0 spiro atoms. The van der Waals surface area contributed by atoms with E-state index in [-0.39, 0.29) is 0 Å². The van der Waals surface area contributed by atoms with Crippen LogP contribution in [0.1, 0.15) is 5.69 Å². The van der Waals surface area contributed by atoms with Crippen molar-refractivity contribution in [3.63, 3.8) is 0 Å². The van der Waals surface area contributed by atoms with E-state index in [1.54, 1.807) is 4.68 Å². The van der Waals surface area contributed by atoms with Crippen LogP contribution in [0.5, 0.6) is 0 Å². The van der Waals surface area contributed by atoms with Crippen LogP contribution in [0, 0.1) is 7.40 Å². The molecule has 0 unspecified atom stereocenters. The summed E-state index contributed by atoms with van der Waals surface area (Å²) in [6, 6.07) is 0. The van der Waals surface area contributed by atoms with Gasteiger partial charge in [-0.05, 0) is 45.2 Å². The van der Waals surface area contributed by atoms with E-state index >= 15 is 0 Å². The lowest BCUT2D eigenvalue weighted by atomic mass is 10.5. The van der Waals surface area contributed by atoms with Crippen molar-refractivity contribution < 1.29 is 0 Å². The van der Waals surface area contributed by atoms with Crippen molar-refractivity contribution in [3.8, 4) is 0 Å². The SMILES string of the molecule is Cn1cc(Cn2cnc(I)c2I)nn1. The molecule has 5 nitrogen and oxygen atoms in total. The lowest BCUT2D eigenvalue weighted by Crippen LogP contribution is -2.00. The summed E-state index contributed by atoms with van der Waals surface area (Å²) in [4.78, 5) is 4.21. The maximum Gasteiger partial charge on any atom is 0.132 e. The molecule has 0 saturated heterocycles. The van der Waals surface area contributed by atoms with Gasteiger partial charge in [0.2, 0.25) is 0 Å². The van der Waals surface area contributed by atoms with Gasteiger partial charge in [-0.15, -0.1) is 5.10 Å². The minimum absolute atomic E-state index is 0.724. The Bertz CT molecular complexity index is 447. The fourth-order valence-corrected chi connectivity index (χ4v) is 1.96. The van der Waals surface area contributed by atoms with Gasteiger partial charge in [0.1, 0.15) is 13.1 Å². The molecule has 0 aliphatic heterocycles. The van der Waals surface area contributed by atoms with Crippen LogP contribution in [-0.4, -0.2) is 24.5 Å². The Morgan fingerprint density at radius 3 is 2.71 bits per heavy atom. The molecule has 0 amide bonds. The van der Waals surface area contributed by atoms with E-state index in [9.17, 15) is 0 Å². The highest BCUT2D eigenvalue weighted by molar-refractivity contribution is 14.1.